The zero-order valence-electron chi connectivity index (χ0n) is 16.3. The van der Waals surface area contributed by atoms with Gasteiger partial charge in [0.15, 0.2) is 0 Å². The highest BCUT2D eigenvalue weighted by atomic mass is 35.5. The van der Waals surface area contributed by atoms with Crippen molar-refractivity contribution in [1.29, 1.82) is 0 Å². The summed E-state index contributed by atoms with van der Waals surface area (Å²) >= 11 is 7.21. The summed E-state index contributed by atoms with van der Waals surface area (Å²) in [4.78, 5) is 18.6. The maximum atomic E-state index is 12.7. The van der Waals surface area contributed by atoms with E-state index in [1.54, 1.807) is 7.11 Å². The third kappa shape index (κ3) is 4.25. The monoisotopic (exact) mass is 437 g/mol. The lowest BCUT2D eigenvalue weighted by Crippen LogP contribution is -2.25. The predicted molar refractivity (Wildman–Crippen MR) is 124 cm³/mol. The van der Waals surface area contributed by atoms with Crippen LogP contribution in [0.2, 0.25) is 5.02 Å². The Morgan fingerprint density at radius 1 is 1.10 bits per heavy atom. The first-order valence-corrected chi connectivity index (χ1v) is 10.6. The lowest BCUT2D eigenvalue weighted by atomic mass is 10.1. The number of benzene rings is 2. The molecule has 3 N–H and O–H groups in total. The van der Waals surface area contributed by atoms with Crippen molar-refractivity contribution in [1.82, 2.24) is 10.3 Å². The van der Waals surface area contributed by atoms with E-state index in [1.165, 1.54) is 11.3 Å². The van der Waals surface area contributed by atoms with Crippen molar-refractivity contribution in [3.8, 4) is 17.0 Å². The van der Waals surface area contributed by atoms with Gasteiger partial charge in [0.1, 0.15) is 15.5 Å². The van der Waals surface area contributed by atoms with Gasteiger partial charge in [0, 0.05) is 22.5 Å². The van der Waals surface area contributed by atoms with Crippen molar-refractivity contribution in [3.63, 3.8) is 0 Å². The molecule has 0 fully saturated rings. The number of fused-ring (bicyclic) bond motifs is 1. The van der Waals surface area contributed by atoms with Crippen LogP contribution in [0.15, 0.2) is 60.7 Å². The van der Waals surface area contributed by atoms with Gasteiger partial charge in [-0.15, -0.1) is 11.3 Å². The molecule has 0 radical (unpaired) electrons. The fraction of sp³-hybridized carbons (Fsp3) is 0.130. The fourth-order valence-corrected chi connectivity index (χ4v) is 4.28. The number of nitrogens with one attached hydrogen (secondary N) is 1. The van der Waals surface area contributed by atoms with E-state index in [-0.39, 0.29) is 5.91 Å². The van der Waals surface area contributed by atoms with Crippen LogP contribution in [-0.2, 0) is 6.42 Å². The number of aromatic nitrogens is 1. The van der Waals surface area contributed by atoms with Crippen molar-refractivity contribution < 1.29 is 9.53 Å². The van der Waals surface area contributed by atoms with E-state index in [9.17, 15) is 4.79 Å². The topological polar surface area (TPSA) is 77.2 Å². The first-order valence-electron chi connectivity index (χ1n) is 9.41. The van der Waals surface area contributed by atoms with E-state index in [0.29, 0.717) is 28.6 Å². The van der Waals surface area contributed by atoms with Gasteiger partial charge >= 0.3 is 0 Å². The highest BCUT2D eigenvalue weighted by molar-refractivity contribution is 7.21. The molecule has 2 heterocycles. The van der Waals surface area contributed by atoms with Gasteiger partial charge in [0.2, 0.25) is 0 Å². The van der Waals surface area contributed by atoms with Crippen LogP contribution in [0.25, 0.3) is 21.5 Å². The number of hydrogen-bond donors (Lipinski definition) is 2. The van der Waals surface area contributed by atoms with Crippen molar-refractivity contribution >= 4 is 44.7 Å². The predicted octanol–water partition coefficient (Wildman–Crippen LogP) is 5.18. The van der Waals surface area contributed by atoms with Crippen LogP contribution in [-0.4, -0.2) is 24.5 Å². The summed E-state index contributed by atoms with van der Waals surface area (Å²) in [5.74, 6) is 0.605. The fourth-order valence-electron chi connectivity index (χ4n) is 3.14. The first kappa shape index (κ1) is 20.2. The number of methoxy groups -OCH3 is 1. The molecule has 152 valence electrons. The van der Waals surface area contributed by atoms with Gasteiger partial charge in [0.25, 0.3) is 5.91 Å². The van der Waals surface area contributed by atoms with Crippen molar-refractivity contribution in [2.75, 3.05) is 19.4 Å². The highest BCUT2D eigenvalue weighted by Gasteiger charge is 2.17. The maximum absolute atomic E-state index is 12.7. The molecular weight excluding hydrogens is 418 g/mol. The van der Waals surface area contributed by atoms with Gasteiger partial charge < -0.3 is 15.8 Å². The van der Waals surface area contributed by atoms with Crippen molar-refractivity contribution in [2.45, 2.75) is 6.42 Å². The quantitative estimate of drug-likeness (QED) is 0.435. The molecule has 0 aliphatic heterocycles. The van der Waals surface area contributed by atoms with E-state index in [1.807, 2.05) is 60.7 Å². The summed E-state index contributed by atoms with van der Waals surface area (Å²) in [5, 5.41) is 4.43. The number of anilines is 1. The summed E-state index contributed by atoms with van der Waals surface area (Å²) in [6.07, 6.45) is 0.716. The molecule has 7 heteroatoms. The molecule has 0 aliphatic rings. The van der Waals surface area contributed by atoms with E-state index >= 15 is 0 Å². The molecule has 0 atom stereocenters. The third-order valence-corrected chi connectivity index (χ3v) is 6.16. The second-order valence-corrected chi connectivity index (χ2v) is 8.19. The number of carbonyl (C=O) groups excluding carboxylic acids is 1. The van der Waals surface area contributed by atoms with Crippen molar-refractivity contribution in [3.05, 3.63) is 76.1 Å². The molecule has 0 saturated carbocycles. The molecule has 0 unspecified atom stereocenters. The number of thiophene rings is 1. The SMILES string of the molecule is COc1ccc(-c2ccc3c(N)c(C(=O)NCCc4ccc(Cl)cc4)sc3n2)cc1. The Hall–Kier alpha value is -3.09. The first-order chi connectivity index (χ1) is 14.5. The Balaban J connectivity index is 1.50. The Bertz CT molecular complexity index is 1190. The summed E-state index contributed by atoms with van der Waals surface area (Å²) in [6.45, 7) is 0.513. The molecule has 4 rings (SSSR count). The lowest BCUT2D eigenvalue weighted by molar-refractivity contribution is 0.0959. The van der Waals surface area contributed by atoms with E-state index in [2.05, 4.69) is 5.32 Å². The minimum Gasteiger partial charge on any atom is -0.497 e. The average molecular weight is 438 g/mol. The summed E-state index contributed by atoms with van der Waals surface area (Å²) < 4.78 is 5.20. The van der Waals surface area contributed by atoms with Gasteiger partial charge in [-0.1, -0.05) is 23.7 Å². The third-order valence-electron chi connectivity index (χ3n) is 4.80. The van der Waals surface area contributed by atoms with Crippen molar-refractivity contribution in [2.24, 2.45) is 0 Å². The Kier molecular flexibility index (Phi) is 5.88. The van der Waals surface area contributed by atoms with Crippen LogP contribution < -0.4 is 15.8 Å². The molecule has 0 bridgehead atoms. The number of nitrogens with two attached hydrogens (primary N) is 1. The van der Waals surface area contributed by atoms with Crippen LogP contribution >= 0.6 is 22.9 Å². The van der Waals surface area contributed by atoms with Crippen LogP contribution in [0.3, 0.4) is 0 Å². The molecule has 4 aromatic rings. The van der Waals surface area contributed by atoms with Crippen LogP contribution in [0.1, 0.15) is 15.2 Å². The molecule has 0 spiro atoms. The average Bonchev–Trinajstić information content (AvgIpc) is 3.11. The van der Waals surface area contributed by atoms with E-state index in [4.69, 9.17) is 27.1 Å². The Morgan fingerprint density at radius 2 is 1.83 bits per heavy atom. The summed E-state index contributed by atoms with van der Waals surface area (Å²) in [5.41, 5.74) is 9.61. The minimum absolute atomic E-state index is 0.185. The normalized spacial score (nSPS) is 10.9. The molecule has 30 heavy (non-hydrogen) atoms. The van der Waals surface area contributed by atoms with Gasteiger partial charge in [-0.2, -0.15) is 0 Å². The summed E-state index contributed by atoms with van der Waals surface area (Å²) in [6, 6.07) is 19.1. The largest absolute Gasteiger partial charge is 0.497 e. The standard InChI is InChI=1S/C23H20ClN3O2S/c1-29-17-8-4-15(5-9-17)19-11-10-18-20(25)21(30-23(18)27-19)22(28)26-13-12-14-2-6-16(24)7-3-14/h2-11H,12-13,25H2,1H3,(H,26,28). The lowest BCUT2D eigenvalue weighted by Gasteiger charge is -2.05. The second-order valence-electron chi connectivity index (χ2n) is 6.75. The van der Waals surface area contributed by atoms with Crippen LogP contribution in [0, 0.1) is 0 Å². The molecule has 0 aliphatic carbocycles. The highest BCUT2D eigenvalue weighted by Crippen LogP contribution is 2.34. The number of pyridine rings is 1. The molecule has 5 nitrogen and oxygen atoms in total. The second kappa shape index (κ2) is 8.73. The molecular formula is C23H20ClN3O2S. The number of nitrogen functional groups attached to an aromatic ring is 1. The zero-order chi connectivity index (χ0) is 21.1. The van der Waals surface area contributed by atoms with Gasteiger partial charge in [-0.3, -0.25) is 4.79 Å². The molecule has 0 saturated heterocycles. The van der Waals surface area contributed by atoms with E-state index in [0.717, 1.165) is 32.8 Å². The van der Waals surface area contributed by atoms with Gasteiger partial charge in [-0.05, 0) is 60.5 Å². The van der Waals surface area contributed by atoms with Crippen LogP contribution in [0.4, 0.5) is 5.69 Å². The Morgan fingerprint density at radius 3 is 2.53 bits per heavy atom. The molecule has 1 amide bonds. The number of amides is 1. The van der Waals surface area contributed by atoms with Gasteiger partial charge in [0.05, 0.1) is 18.5 Å². The number of carbonyl (C=O) groups is 1. The number of halogens is 1. The number of hydrogen-bond acceptors (Lipinski definition) is 5. The van der Waals surface area contributed by atoms with Gasteiger partial charge in [-0.25, -0.2) is 4.98 Å². The smallest absolute Gasteiger partial charge is 0.263 e. The summed E-state index contributed by atoms with van der Waals surface area (Å²) in [7, 11) is 1.63. The number of rotatable bonds is 6. The number of nitrogens with zero attached hydrogens (tertiary/aromatic N) is 1. The molecule has 2 aromatic carbocycles. The van der Waals surface area contributed by atoms with Crippen LogP contribution in [0.5, 0.6) is 5.75 Å². The number of ether oxygens (including phenoxy) is 1. The Labute approximate surface area is 183 Å². The van der Waals surface area contributed by atoms with E-state index < -0.39 is 0 Å². The zero-order valence-corrected chi connectivity index (χ0v) is 17.9. The molecule has 2 aromatic heterocycles. The minimum atomic E-state index is -0.185. The maximum Gasteiger partial charge on any atom is 0.263 e.